The Morgan fingerprint density at radius 1 is 1.04 bits per heavy atom. The lowest BCUT2D eigenvalue weighted by Gasteiger charge is -2.10. The van der Waals surface area contributed by atoms with E-state index in [1.165, 1.54) is 24.3 Å². The predicted octanol–water partition coefficient (Wildman–Crippen LogP) is 5.35. The summed E-state index contributed by atoms with van der Waals surface area (Å²) in [6.45, 7) is 0. The van der Waals surface area contributed by atoms with Crippen molar-refractivity contribution in [3.05, 3.63) is 60.4 Å². The van der Waals surface area contributed by atoms with Gasteiger partial charge in [-0.05, 0) is 46.9 Å². The number of carbonyl (C=O) groups is 2. The van der Waals surface area contributed by atoms with Crippen molar-refractivity contribution in [3.63, 3.8) is 0 Å². The zero-order valence-corrected chi connectivity index (χ0v) is 15.5. The van der Waals surface area contributed by atoms with Gasteiger partial charge < -0.3 is 5.32 Å². The number of urea groups is 1. The van der Waals surface area contributed by atoms with Crippen LogP contribution >= 0.6 is 57.4 Å². The average Bonchev–Trinajstić information content (AvgIpc) is 2.44. The molecule has 2 aromatic carbocycles. The minimum atomic E-state index is -0.965. The van der Waals surface area contributed by atoms with Crippen LogP contribution in [0.25, 0.3) is 0 Å². The van der Waals surface area contributed by atoms with Crippen molar-refractivity contribution in [2.24, 2.45) is 0 Å². The molecule has 23 heavy (non-hydrogen) atoms. The van der Waals surface area contributed by atoms with Crippen LogP contribution in [0.2, 0.25) is 15.1 Å². The van der Waals surface area contributed by atoms with Crippen LogP contribution in [0.5, 0.6) is 0 Å². The average molecular weight is 487 g/mol. The molecule has 0 fully saturated rings. The van der Waals surface area contributed by atoms with E-state index in [9.17, 15) is 14.0 Å². The molecular weight excluding hydrogens is 480 g/mol. The minimum Gasteiger partial charge on any atom is -0.308 e. The van der Waals surface area contributed by atoms with Crippen molar-refractivity contribution in [3.8, 4) is 0 Å². The summed E-state index contributed by atoms with van der Waals surface area (Å²) >= 11 is 19.6. The number of hydrogen-bond acceptors (Lipinski definition) is 2. The normalized spacial score (nSPS) is 10.3. The predicted molar refractivity (Wildman–Crippen MR) is 97.1 cm³/mol. The lowest BCUT2D eigenvalue weighted by molar-refractivity contribution is 0.0963. The van der Waals surface area contributed by atoms with Crippen molar-refractivity contribution < 1.29 is 14.0 Å². The van der Waals surface area contributed by atoms with Crippen LogP contribution in [0.1, 0.15) is 10.4 Å². The molecule has 0 heterocycles. The zero-order chi connectivity index (χ0) is 17.1. The number of hydrogen-bond donors (Lipinski definition) is 2. The number of benzene rings is 2. The van der Waals surface area contributed by atoms with Gasteiger partial charge in [0.25, 0.3) is 5.91 Å². The van der Waals surface area contributed by atoms with Crippen LogP contribution in [-0.2, 0) is 0 Å². The van der Waals surface area contributed by atoms with E-state index in [-0.39, 0.29) is 10.7 Å². The zero-order valence-electron chi connectivity index (χ0n) is 11.1. The maximum Gasteiger partial charge on any atom is 0.326 e. The third kappa shape index (κ3) is 4.47. The summed E-state index contributed by atoms with van der Waals surface area (Å²) in [7, 11) is 0. The molecule has 0 saturated heterocycles. The Hall–Kier alpha value is -1.09. The summed E-state index contributed by atoms with van der Waals surface area (Å²) < 4.78 is 14.2. The monoisotopic (exact) mass is 486 g/mol. The molecule has 9 heteroatoms. The minimum absolute atomic E-state index is 0.101. The van der Waals surface area contributed by atoms with Crippen LogP contribution in [-0.4, -0.2) is 11.9 Å². The second-order valence-electron chi connectivity index (χ2n) is 4.26. The van der Waals surface area contributed by atoms with Crippen molar-refractivity contribution in [2.45, 2.75) is 0 Å². The molecule has 0 aliphatic carbocycles. The second kappa shape index (κ2) is 7.65. The van der Waals surface area contributed by atoms with Crippen LogP contribution in [0, 0.1) is 9.39 Å². The number of nitrogens with one attached hydrogen (secondary N) is 2. The van der Waals surface area contributed by atoms with E-state index in [0.29, 0.717) is 13.6 Å². The van der Waals surface area contributed by atoms with E-state index in [1.807, 2.05) is 27.9 Å². The summed E-state index contributed by atoms with van der Waals surface area (Å²) in [5.74, 6) is -1.79. The highest BCUT2D eigenvalue weighted by Crippen LogP contribution is 2.30. The molecule has 0 saturated carbocycles. The highest BCUT2D eigenvalue weighted by molar-refractivity contribution is 14.1. The van der Waals surface area contributed by atoms with E-state index in [2.05, 4.69) is 5.32 Å². The molecule has 0 aliphatic rings. The molecule has 0 aliphatic heterocycles. The van der Waals surface area contributed by atoms with E-state index in [1.54, 1.807) is 0 Å². The fourth-order valence-electron chi connectivity index (χ4n) is 1.67. The smallest absolute Gasteiger partial charge is 0.308 e. The fraction of sp³-hybridized carbons (Fsp3) is 0. The number of halogens is 5. The van der Waals surface area contributed by atoms with Crippen LogP contribution < -0.4 is 10.6 Å². The summed E-state index contributed by atoms with van der Waals surface area (Å²) in [6, 6.07) is 5.82. The molecule has 120 valence electrons. The third-order valence-electron chi connectivity index (χ3n) is 2.66. The van der Waals surface area contributed by atoms with Crippen molar-refractivity contribution in [1.29, 1.82) is 0 Å². The van der Waals surface area contributed by atoms with Crippen molar-refractivity contribution >= 4 is 75.0 Å². The third-order valence-corrected chi connectivity index (χ3v) is 5.37. The van der Waals surface area contributed by atoms with Crippen molar-refractivity contribution in [1.82, 2.24) is 5.32 Å². The first kappa shape index (κ1) is 18.3. The van der Waals surface area contributed by atoms with E-state index < -0.39 is 23.3 Å². The summed E-state index contributed by atoms with van der Waals surface area (Å²) in [5, 5.41) is 4.95. The maximum atomic E-state index is 13.6. The lowest BCUT2D eigenvalue weighted by Crippen LogP contribution is -2.35. The van der Waals surface area contributed by atoms with Gasteiger partial charge in [-0.1, -0.05) is 40.9 Å². The lowest BCUT2D eigenvalue weighted by atomic mass is 10.2. The molecule has 0 aromatic heterocycles. The summed E-state index contributed by atoms with van der Waals surface area (Å²) in [6.07, 6.45) is 0. The summed E-state index contributed by atoms with van der Waals surface area (Å²) in [5.41, 5.74) is -0.131. The topological polar surface area (TPSA) is 58.2 Å². The number of amides is 3. The summed E-state index contributed by atoms with van der Waals surface area (Å²) in [4.78, 5) is 23.8. The molecule has 3 amide bonds. The molecule has 2 rings (SSSR count). The Balaban J connectivity index is 2.12. The molecule has 0 atom stereocenters. The van der Waals surface area contributed by atoms with Crippen LogP contribution in [0.4, 0.5) is 14.9 Å². The van der Waals surface area contributed by atoms with Crippen molar-refractivity contribution in [2.75, 3.05) is 5.32 Å². The largest absolute Gasteiger partial charge is 0.326 e. The van der Waals surface area contributed by atoms with E-state index >= 15 is 0 Å². The first-order chi connectivity index (χ1) is 10.8. The highest BCUT2D eigenvalue weighted by atomic mass is 127. The number of anilines is 1. The van der Waals surface area contributed by atoms with Crippen LogP contribution in [0.15, 0.2) is 30.3 Å². The fourth-order valence-corrected chi connectivity index (χ4v) is 2.72. The Morgan fingerprint density at radius 3 is 2.22 bits per heavy atom. The Bertz CT molecular complexity index is 758. The van der Waals surface area contributed by atoms with E-state index in [4.69, 9.17) is 34.8 Å². The number of imide groups is 1. The molecular formula is C14H7Cl3FIN2O2. The van der Waals surface area contributed by atoms with Gasteiger partial charge in [0, 0.05) is 5.69 Å². The highest BCUT2D eigenvalue weighted by Gasteiger charge is 2.18. The Morgan fingerprint density at radius 2 is 1.65 bits per heavy atom. The van der Waals surface area contributed by atoms with Gasteiger partial charge in [0.1, 0.15) is 5.82 Å². The SMILES string of the molecule is O=C(NC(=O)c1c(F)cccc1Cl)Nc1cc(Cl)c(I)c(Cl)c1. The quantitative estimate of drug-likeness (QED) is 0.443. The van der Waals surface area contributed by atoms with E-state index in [0.717, 1.165) is 6.07 Å². The second-order valence-corrected chi connectivity index (χ2v) is 6.56. The van der Waals surface area contributed by atoms with Crippen LogP contribution in [0.3, 0.4) is 0 Å². The molecule has 0 bridgehead atoms. The Kier molecular flexibility index (Phi) is 6.07. The van der Waals surface area contributed by atoms with Gasteiger partial charge in [0.2, 0.25) is 0 Å². The van der Waals surface area contributed by atoms with Gasteiger partial charge in [-0.3, -0.25) is 10.1 Å². The molecule has 4 nitrogen and oxygen atoms in total. The van der Waals surface area contributed by atoms with Gasteiger partial charge >= 0.3 is 6.03 Å². The maximum absolute atomic E-state index is 13.6. The molecule has 0 unspecified atom stereocenters. The first-order valence-electron chi connectivity index (χ1n) is 6.00. The number of rotatable bonds is 2. The first-order valence-corrected chi connectivity index (χ1v) is 8.21. The van der Waals surface area contributed by atoms with Gasteiger partial charge in [-0.15, -0.1) is 0 Å². The van der Waals surface area contributed by atoms with Gasteiger partial charge in [0.05, 0.1) is 24.2 Å². The molecule has 0 radical (unpaired) electrons. The number of carbonyl (C=O) groups excluding carboxylic acids is 2. The van der Waals surface area contributed by atoms with Gasteiger partial charge in [-0.2, -0.15) is 0 Å². The van der Waals surface area contributed by atoms with Gasteiger partial charge in [0.15, 0.2) is 0 Å². The Labute approximate surface area is 159 Å². The molecule has 2 N–H and O–H groups in total. The standard InChI is InChI=1S/C14H7Cl3FIN2O2/c15-7-2-1-3-10(18)11(7)13(22)21-14(23)20-6-4-8(16)12(19)9(17)5-6/h1-5H,(H2,20,21,22,23). The molecule has 2 aromatic rings. The molecule has 0 spiro atoms. The van der Waals surface area contributed by atoms with Gasteiger partial charge in [-0.25, -0.2) is 9.18 Å².